The van der Waals surface area contributed by atoms with Gasteiger partial charge in [0.05, 0.1) is 0 Å². The summed E-state index contributed by atoms with van der Waals surface area (Å²) in [4.78, 5) is 0. The van der Waals surface area contributed by atoms with Gasteiger partial charge in [-0.3, -0.25) is 0 Å². The van der Waals surface area contributed by atoms with Crippen LogP contribution < -0.4 is 0 Å². The Balaban J connectivity index is 2.34. The van der Waals surface area contributed by atoms with Crippen LogP contribution in [0.1, 0.15) is 33.1 Å². The fraction of sp³-hybridized carbons (Fsp3) is 1.00. The van der Waals surface area contributed by atoms with Crippen LogP contribution in [0.4, 0.5) is 0 Å². The molecule has 11 heavy (non-hydrogen) atoms. The SMILES string of the molecule is CCB(CC)C1CCC(Cl)C1. The predicted octanol–water partition coefficient (Wildman–Crippen LogP) is 3.68. The van der Waals surface area contributed by atoms with Gasteiger partial charge in [0, 0.05) is 5.38 Å². The highest BCUT2D eigenvalue weighted by molar-refractivity contribution is 6.60. The van der Waals surface area contributed by atoms with E-state index in [1.807, 2.05) is 0 Å². The zero-order valence-corrected chi connectivity index (χ0v) is 8.40. The Kier molecular flexibility index (Phi) is 3.78. The molecule has 2 atom stereocenters. The zero-order chi connectivity index (χ0) is 8.27. The van der Waals surface area contributed by atoms with Gasteiger partial charge in [0.15, 0.2) is 0 Å². The van der Waals surface area contributed by atoms with Gasteiger partial charge in [-0.25, -0.2) is 0 Å². The third kappa shape index (κ3) is 2.40. The van der Waals surface area contributed by atoms with Crippen molar-refractivity contribution in [2.24, 2.45) is 0 Å². The van der Waals surface area contributed by atoms with Crippen LogP contribution in [0.25, 0.3) is 0 Å². The second-order valence-corrected chi connectivity index (χ2v) is 4.36. The van der Waals surface area contributed by atoms with E-state index in [0.717, 1.165) is 12.5 Å². The van der Waals surface area contributed by atoms with Gasteiger partial charge in [0.2, 0.25) is 0 Å². The molecule has 0 aromatic heterocycles. The van der Waals surface area contributed by atoms with Crippen LogP contribution in [0.2, 0.25) is 18.5 Å². The largest absolute Gasteiger partial charge is 0.142 e. The summed E-state index contributed by atoms with van der Waals surface area (Å²) in [5.74, 6) is 0.937. The fourth-order valence-corrected chi connectivity index (χ4v) is 2.70. The van der Waals surface area contributed by atoms with Crippen LogP contribution in [0, 0.1) is 0 Å². The van der Waals surface area contributed by atoms with Gasteiger partial charge in [-0.1, -0.05) is 38.7 Å². The van der Waals surface area contributed by atoms with Gasteiger partial charge in [0.1, 0.15) is 6.71 Å². The first-order valence-electron chi connectivity index (χ1n) is 4.92. The smallest absolute Gasteiger partial charge is 0.123 e. The molecule has 0 radical (unpaired) electrons. The normalized spacial score (nSPS) is 30.8. The van der Waals surface area contributed by atoms with Crippen LogP contribution in [0.15, 0.2) is 0 Å². The highest BCUT2D eigenvalue weighted by atomic mass is 35.5. The van der Waals surface area contributed by atoms with Crippen LogP contribution >= 0.6 is 11.6 Å². The van der Waals surface area contributed by atoms with Crippen molar-refractivity contribution >= 4 is 18.3 Å². The second-order valence-electron chi connectivity index (χ2n) is 3.75. The predicted molar refractivity (Wildman–Crippen MR) is 54.0 cm³/mol. The maximum absolute atomic E-state index is 6.06. The molecule has 1 aliphatic carbocycles. The first kappa shape index (κ1) is 9.44. The van der Waals surface area contributed by atoms with E-state index in [0.29, 0.717) is 5.38 Å². The number of halogens is 1. The Bertz CT molecular complexity index is 112. The Hall–Kier alpha value is 0.355. The van der Waals surface area contributed by atoms with Crippen LogP contribution in [-0.2, 0) is 0 Å². The summed E-state index contributed by atoms with van der Waals surface area (Å²) in [6.07, 6.45) is 6.58. The van der Waals surface area contributed by atoms with E-state index in [1.165, 1.54) is 31.9 Å². The minimum atomic E-state index is 0.487. The molecular weight excluding hydrogens is 154 g/mol. The van der Waals surface area contributed by atoms with Crippen molar-refractivity contribution in [3.05, 3.63) is 0 Å². The van der Waals surface area contributed by atoms with Crippen molar-refractivity contribution in [2.75, 3.05) is 0 Å². The van der Waals surface area contributed by atoms with Crippen molar-refractivity contribution < 1.29 is 0 Å². The minimum Gasteiger partial charge on any atom is -0.123 e. The summed E-state index contributed by atoms with van der Waals surface area (Å²) in [6.45, 7) is 5.55. The van der Waals surface area contributed by atoms with E-state index in [4.69, 9.17) is 11.6 Å². The van der Waals surface area contributed by atoms with Gasteiger partial charge >= 0.3 is 0 Å². The highest BCUT2D eigenvalue weighted by Crippen LogP contribution is 2.38. The number of alkyl halides is 1. The Morgan fingerprint density at radius 1 is 1.27 bits per heavy atom. The standard InChI is InChI=1S/C9H18BCl/c1-3-10(4-2)8-5-6-9(11)7-8/h8-9H,3-7H2,1-2H3. The van der Waals surface area contributed by atoms with Crippen molar-refractivity contribution in [2.45, 2.75) is 56.9 Å². The summed E-state index contributed by atoms with van der Waals surface area (Å²) in [5, 5.41) is 0.487. The number of hydrogen-bond donors (Lipinski definition) is 0. The second kappa shape index (κ2) is 4.40. The molecule has 2 unspecified atom stereocenters. The molecule has 1 aliphatic rings. The number of hydrogen-bond acceptors (Lipinski definition) is 0. The minimum absolute atomic E-state index is 0.487. The van der Waals surface area contributed by atoms with Crippen molar-refractivity contribution in [1.29, 1.82) is 0 Å². The molecule has 0 heterocycles. The van der Waals surface area contributed by atoms with Crippen molar-refractivity contribution in [1.82, 2.24) is 0 Å². The molecular formula is C9H18BCl. The Morgan fingerprint density at radius 2 is 1.91 bits per heavy atom. The summed E-state index contributed by atoms with van der Waals surface area (Å²) in [5.41, 5.74) is 0. The molecule has 0 nitrogen and oxygen atoms in total. The summed E-state index contributed by atoms with van der Waals surface area (Å²) >= 11 is 6.06. The zero-order valence-electron chi connectivity index (χ0n) is 7.65. The lowest BCUT2D eigenvalue weighted by atomic mass is 9.37. The lowest BCUT2D eigenvalue weighted by Gasteiger charge is -2.15. The Morgan fingerprint density at radius 3 is 2.27 bits per heavy atom. The van der Waals surface area contributed by atoms with Crippen molar-refractivity contribution in [3.8, 4) is 0 Å². The van der Waals surface area contributed by atoms with E-state index in [2.05, 4.69) is 13.8 Å². The average Bonchev–Trinajstić information content (AvgIpc) is 2.39. The summed E-state index contributed by atoms with van der Waals surface area (Å²) in [7, 11) is 0. The topological polar surface area (TPSA) is 0 Å². The molecule has 0 amide bonds. The highest BCUT2D eigenvalue weighted by Gasteiger charge is 2.29. The molecule has 0 N–H and O–H groups in total. The molecule has 0 aromatic rings. The van der Waals surface area contributed by atoms with Gasteiger partial charge < -0.3 is 0 Å². The van der Waals surface area contributed by atoms with E-state index in [9.17, 15) is 0 Å². The van der Waals surface area contributed by atoms with E-state index >= 15 is 0 Å². The molecule has 0 spiro atoms. The quantitative estimate of drug-likeness (QED) is 0.450. The van der Waals surface area contributed by atoms with Crippen LogP contribution in [0.5, 0.6) is 0 Å². The monoisotopic (exact) mass is 172 g/mol. The van der Waals surface area contributed by atoms with Crippen LogP contribution in [-0.4, -0.2) is 12.1 Å². The maximum atomic E-state index is 6.06. The third-order valence-electron chi connectivity index (χ3n) is 3.12. The van der Waals surface area contributed by atoms with E-state index in [-0.39, 0.29) is 0 Å². The Labute approximate surface area is 75.8 Å². The lowest BCUT2D eigenvalue weighted by molar-refractivity contribution is 0.841. The van der Waals surface area contributed by atoms with Crippen LogP contribution in [0.3, 0.4) is 0 Å². The molecule has 1 fully saturated rings. The van der Waals surface area contributed by atoms with E-state index < -0.39 is 0 Å². The van der Waals surface area contributed by atoms with Gasteiger partial charge in [0.25, 0.3) is 0 Å². The fourth-order valence-electron chi connectivity index (χ4n) is 2.34. The summed E-state index contributed by atoms with van der Waals surface area (Å²) in [6, 6.07) is 0. The molecule has 2 heteroatoms. The number of rotatable bonds is 3. The molecule has 0 aromatic carbocycles. The lowest BCUT2D eigenvalue weighted by Crippen LogP contribution is -2.16. The van der Waals surface area contributed by atoms with Gasteiger partial charge in [-0.05, 0) is 12.8 Å². The average molecular weight is 173 g/mol. The van der Waals surface area contributed by atoms with Gasteiger partial charge in [-0.15, -0.1) is 11.6 Å². The maximum Gasteiger partial charge on any atom is 0.142 e. The summed E-state index contributed by atoms with van der Waals surface area (Å²) < 4.78 is 0. The first-order valence-corrected chi connectivity index (χ1v) is 5.35. The molecule has 64 valence electrons. The molecule has 1 saturated carbocycles. The van der Waals surface area contributed by atoms with Crippen molar-refractivity contribution in [3.63, 3.8) is 0 Å². The molecule has 1 rings (SSSR count). The van der Waals surface area contributed by atoms with Gasteiger partial charge in [-0.2, -0.15) is 0 Å². The molecule has 0 saturated heterocycles. The third-order valence-corrected chi connectivity index (χ3v) is 3.52. The molecule has 0 aliphatic heterocycles. The molecule has 0 bridgehead atoms. The first-order chi connectivity index (χ1) is 5.27. The van der Waals surface area contributed by atoms with E-state index in [1.54, 1.807) is 0 Å².